The third kappa shape index (κ3) is 6.17. The second kappa shape index (κ2) is 11.5. The quantitative estimate of drug-likeness (QED) is 0.315. The Morgan fingerprint density at radius 1 is 1.03 bits per heavy atom. The van der Waals surface area contributed by atoms with Crippen LogP contribution in [0, 0.1) is 46.3 Å². The molecule has 0 aromatic rings. The van der Waals surface area contributed by atoms with Gasteiger partial charge in [0.15, 0.2) is 0 Å². The number of aliphatic carboxylic acids is 1. The maximum Gasteiger partial charge on any atom is 0.397 e. The van der Waals surface area contributed by atoms with Gasteiger partial charge in [0.1, 0.15) is 6.54 Å². The van der Waals surface area contributed by atoms with E-state index in [9.17, 15) is 18.0 Å². The fraction of sp³-hybridized carbons (Fsp3) is 0.923. The standard InChI is InChI=1S/C26H43NO7S.Na/c1-16(4-9-23(28)27-15-24(29)30)20-7-8-21-19-6-5-17-14-18(34-35(31,32)33)10-12-25(17,2)22(19)11-13-26(20,21)3;/h16-22H,4-15H2,1-3H3,(H,27,28)(H,29,30)(H,31,32,33);/t16-,17-,18-,19+,20-,21+,22+,25+,26-;/m1./s1. The van der Waals surface area contributed by atoms with Crippen LogP contribution in [0.25, 0.3) is 0 Å². The first-order valence-electron chi connectivity index (χ1n) is 13.5. The molecule has 4 saturated carbocycles. The zero-order valence-corrected chi connectivity index (χ0v) is 25.2. The van der Waals surface area contributed by atoms with Crippen LogP contribution in [0.15, 0.2) is 0 Å². The van der Waals surface area contributed by atoms with E-state index in [1.54, 1.807) is 0 Å². The van der Waals surface area contributed by atoms with Crippen LogP contribution in [0.5, 0.6) is 0 Å². The summed E-state index contributed by atoms with van der Waals surface area (Å²) in [6.45, 7) is 6.86. The summed E-state index contributed by atoms with van der Waals surface area (Å²) in [4.78, 5) is 22.7. The molecule has 0 saturated heterocycles. The Morgan fingerprint density at radius 2 is 1.69 bits per heavy atom. The molecular weight excluding hydrogens is 493 g/mol. The summed E-state index contributed by atoms with van der Waals surface area (Å²) in [6.07, 6.45) is 10.2. The van der Waals surface area contributed by atoms with Gasteiger partial charge in [-0.3, -0.25) is 14.1 Å². The van der Waals surface area contributed by atoms with Gasteiger partial charge in [0.2, 0.25) is 5.91 Å². The SMILES string of the molecule is C[C@H](CCC(=O)NCC(=O)O)[C@H]1CC[C@H]2[C@@H]3CC[C@@H]4C[C@H](OS(=O)(=O)O)CC[C@]4(C)[C@H]3CC[C@]12C.[Na]. The Morgan fingerprint density at radius 3 is 2.36 bits per heavy atom. The molecule has 1 amide bonds. The Balaban J connectivity index is 0.00000361. The fourth-order valence-corrected chi connectivity index (χ4v) is 9.79. The van der Waals surface area contributed by atoms with Crippen molar-refractivity contribution in [3.05, 3.63) is 0 Å². The molecule has 9 atom stereocenters. The van der Waals surface area contributed by atoms with E-state index in [0.29, 0.717) is 54.8 Å². The van der Waals surface area contributed by atoms with E-state index in [1.165, 1.54) is 32.1 Å². The first-order valence-corrected chi connectivity index (χ1v) is 14.8. The topological polar surface area (TPSA) is 130 Å². The molecule has 10 heteroatoms. The van der Waals surface area contributed by atoms with Crippen molar-refractivity contribution in [2.24, 2.45) is 46.3 Å². The average molecular weight is 537 g/mol. The zero-order valence-electron chi connectivity index (χ0n) is 22.4. The predicted molar refractivity (Wildman–Crippen MR) is 136 cm³/mol. The van der Waals surface area contributed by atoms with Crippen LogP contribution < -0.4 is 5.32 Å². The number of amides is 1. The number of hydrogen-bond acceptors (Lipinski definition) is 5. The van der Waals surface area contributed by atoms with Gasteiger partial charge in [-0.1, -0.05) is 20.8 Å². The van der Waals surface area contributed by atoms with Crippen molar-refractivity contribution in [2.45, 2.75) is 97.5 Å². The summed E-state index contributed by atoms with van der Waals surface area (Å²) in [6, 6.07) is 0. The average Bonchev–Trinajstić information content (AvgIpc) is 3.12. The normalized spacial score (nSPS) is 40.7. The third-order valence-corrected chi connectivity index (χ3v) is 11.4. The molecule has 1 radical (unpaired) electrons. The Bertz CT molecular complexity index is 929. The predicted octanol–water partition coefficient (Wildman–Crippen LogP) is 4.07. The van der Waals surface area contributed by atoms with Gasteiger partial charge in [-0.05, 0) is 111 Å². The number of carbonyl (C=O) groups is 2. The molecule has 0 heterocycles. The van der Waals surface area contributed by atoms with Crippen LogP contribution >= 0.6 is 0 Å². The Kier molecular flexibility index (Phi) is 9.70. The van der Waals surface area contributed by atoms with E-state index in [2.05, 4.69) is 26.1 Å². The molecular formula is C26H43NNaO7S. The third-order valence-electron chi connectivity index (χ3n) is 10.9. The minimum atomic E-state index is -4.41. The van der Waals surface area contributed by atoms with Gasteiger partial charge < -0.3 is 10.4 Å². The maximum atomic E-state index is 12.1. The van der Waals surface area contributed by atoms with E-state index in [4.69, 9.17) is 13.8 Å². The van der Waals surface area contributed by atoms with E-state index in [0.717, 1.165) is 19.3 Å². The number of carboxylic acid groups (broad SMARTS) is 1. The fourth-order valence-electron chi connectivity index (χ4n) is 9.28. The number of carboxylic acids is 1. The molecule has 4 rings (SSSR count). The molecule has 0 spiro atoms. The molecule has 0 unspecified atom stereocenters. The van der Waals surface area contributed by atoms with Crippen molar-refractivity contribution in [3.8, 4) is 0 Å². The van der Waals surface area contributed by atoms with Crippen molar-refractivity contribution in [1.29, 1.82) is 0 Å². The van der Waals surface area contributed by atoms with Gasteiger partial charge in [0.05, 0.1) is 6.10 Å². The molecule has 0 aromatic carbocycles. The van der Waals surface area contributed by atoms with Crippen LogP contribution in [0.3, 0.4) is 0 Å². The van der Waals surface area contributed by atoms with Crippen LogP contribution in [0.4, 0.5) is 0 Å². The maximum absolute atomic E-state index is 12.1. The van der Waals surface area contributed by atoms with Gasteiger partial charge in [-0.2, -0.15) is 8.42 Å². The van der Waals surface area contributed by atoms with Crippen molar-refractivity contribution in [3.63, 3.8) is 0 Å². The summed E-state index contributed by atoms with van der Waals surface area (Å²) in [7, 11) is -4.41. The van der Waals surface area contributed by atoms with Crippen LogP contribution in [0.1, 0.15) is 91.4 Å². The van der Waals surface area contributed by atoms with Crippen molar-refractivity contribution in [2.75, 3.05) is 6.54 Å². The van der Waals surface area contributed by atoms with Gasteiger partial charge in [-0.25, -0.2) is 4.18 Å². The molecule has 0 bridgehead atoms. The minimum absolute atomic E-state index is 0. The number of nitrogens with one attached hydrogen (secondary N) is 1. The molecule has 36 heavy (non-hydrogen) atoms. The Hall–Kier alpha value is -0.190. The monoisotopic (exact) mass is 536 g/mol. The summed E-state index contributed by atoms with van der Waals surface area (Å²) < 4.78 is 36.6. The second-order valence-electron chi connectivity index (χ2n) is 12.5. The summed E-state index contributed by atoms with van der Waals surface area (Å²) in [5.41, 5.74) is 0.488. The van der Waals surface area contributed by atoms with Gasteiger partial charge in [-0.15, -0.1) is 0 Å². The van der Waals surface area contributed by atoms with E-state index >= 15 is 0 Å². The van der Waals surface area contributed by atoms with E-state index in [1.807, 2.05) is 0 Å². The van der Waals surface area contributed by atoms with Gasteiger partial charge in [0, 0.05) is 36.0 Å². The van der Waals surface area contributed by atoms with Crippen LogP contribution in [-0.2, 0) is 24.2 Å². The van der Waals surface area contributed by atoms with Gasteiger partial charge >= 0.3 is 16.4 Å². The molecule has 4 fully saturated rings. The summed E-state index contributed by atoms with van der Waals surface area (Å²) in [5.74, 6) is 2.31. The van der Waals surface area contributed by atoms with E-state index in [-0.39, 0.29) is 52.8 Å². The first kappa shape index (κ1) is 30.4. The second-order valence-corrected chi connectivity index (χ2v) is 13.5. The van der Waals surface area contributed by atoms with Crippen LogP contribution in [0.2, 0.25) is 0 Å². The number of rotatable bonds is 8. The summed E-state index contributed by atoms with van der Waals surface area (Å²) in [5, 5.41) is 11.2. The minimum Gasteiger partial charge on any atom is -0.480 e. The number of fused-ring (bicyclic) bond motifs is 5. The first-order chi connectivity index (χ1) is 16.3. The van der Waals surface area contributed by atoms with E-state index < -0.39 is 22.5 Å². The van der Waals surface area contributed by atoms with Crippen molar-refractivity contribution < 1.29 is 31.8 Å². The molecule has 201 valence electrons. The van der Waals surface area contributed by atoms with Crippen molar-refractivity contribution >= 4 is 51.8 Å². The molecule has 0 aliphatic heterocycles. The molecule has 3 N–H and O–H groups in total. The summed E-state index contributed by atoms with van der Waals surface area (Å²) >= 11 is 0. The smallest absolute Gasteiger partial charge is 0.397 e. The zero-order chi connectivity index (χ0) is 25.6. The largest absolute Gasteiger partial charge is 0.480 e. The van der Waals surface area contributed by atoms with Gasteiger partial charge in [0.25, 0.3) is 0 Å². The molecule has 4 aliphatic carbocycles. The number of hydrogen-bond donors (Lipinski definition) is 3. The molecule has 8 nitrogen and oxygen atoms in total. The molecule has 0 aromatic heterocycles. The Labute approximate surface area is 238 Å². The van der Waals surface area contributed by atoms with Crippen molar-refractivity contribution in [1.82, 2.24) is 5.32 Å². The number of carbonyl (C=O) groups excluding carboxylic acids is 1. The molecule has 4 aliphatic rings. The van der Waals surface area contributed by atoms with Crippen LogP contribution in [-0.4, -0.2) is 72.2 Å².